The summed E-state index contributed by atoms with van der Waals surface area (Å²) in [5.41, 5.74) is 2.33. The van der Waals surface area contributed by atoms with Gasteiger partial charge in [0.2, 0.25) is 0 Å². The number of ether oxygens (including phenoxy) is 1. The maximum absolute atomic E-state index is 5.96. The molecule has 1 N–H and O–H groups in total. The summed E-state index contributed by atoms with van der Waals surface area (Å²) >= 11 is 5.96. The number of nitrogens with one attached hydrogen (secondary N) is 1. The van der Waals surface area contributed by atoms with E-state index in [-0.39, 0.29) is 0 Å². The third kappa shape index (κ3) is 5.29. The molecule has 21 heavy (non-hydrogen) atoms. The maximum atomic E-state index is 5.96. The fourth-order valence-corrected chi connectivity index (χ4v) is 2.30. The summed E-state index contributed by atoms with van der Waals surface area (Å²) in [7, 11) is 3.80. The third-order valence-corrected chi connectivity index (χ3v) is 3.49. The van der Waals surface area contributed by atoms with Crippen molar-refractivity contribution in [2.24, 2.45) is 0 Å². The van der Waals surface area contributed by atoms with Crippen molar-refractivity contribution in [1.29, 1.82) is 0 Å². The molecule has 0 radical (unpaired) electrons. The molecule has 0 fully saturated rings. The van der Waals surface area contributed by atoms with Gasteiger partial charge in [-0.25, -0.2) is 0 Å². The zero-order valence-electron chi connectivity index (χ0n) is 12.5. The van der Waals surface area contributed by atoms with E-state index in [1.165, 1.54) is 5.56 Å². The number of hydrogen-bond donors (Lipinski definition) is 1. The Kier molecular flexibility index (Phi) is 5.90. The number of anilines is 1. The van der Waals surface area contributed by atoms with Crippen LogP contribution in [0.15, 0.2) is 48.5 Å². The lowest BCUT2D eigenvalue weighted by Gasteiger charge is -2.17. The zero-order valence-corrected chi connectivity index (χ0v) is 13.2. The van der Waals surface area contributed by atoms with E-state index < -0.39 is 0 Å². The van der Waals surface area contributed by atoms with E-state index >= 15 is 0 Å². The Morgan fingerprint density at radius 2 is 1.90 bits per heavy atom. The van der Waals surface area contributed by atoms with Crippen molar-refractivity contribution in [3.63, 3.8) is 0 Å². The first-order valence-corrected chi connectivity index (χ1v) is 7.36. The minimum Gasteiger partial charge on any atom is -0.497 e. The van der Waals surface area contributed by atoms with Gasteiger partial charge in [-0.1, -0.05) is 29.8 Å². The molecule has 0 aliphatic rings. The fourth-order valence-electron chi connectivity index (χ4n) is 2.11. The minimum absolute atomic E-state index is 0.756. The summed E-state index contributed by atoms with van der Waals surface area (Å²) in [5, 5.41) is 4.13. The van der Waals surface area contributed by atoms with Gasteiger partial charge in [0.1, 0.15) is 5.75 Å². The molecule has 112 valence electrons. The van der Waals surface area contributed by atoms with Crippen molar-refractivity contribution in [2.45, 2.75) is 6.54 Å². The lowest BCUT2D eigenvalue weighted by molar-refractivity contribution is 0.339. The monoisotopic (exact) mass is 304 g/mol. The SMILES string of the molecule is COc1ccc(CN(C)CCNc2cccc(Cl)c2)cc1. The van der Waals surface area contributed by atoms with Crippen LogP contribution in [0.1, 0.15) is 5.56 Å². The van der Waals surface area contributed by atoms with Crippen molar-refractivity contribution in [3.8, 4) is 5.75 Å². The predicted molar refractivity (Wildman–Crippen MR) is 89.3 cm³/mol. The second-order valence-corrected chi connectivity index (χ2v) is 5.46. The Morgan fingerprint density at radius 1 is 1.14 bits per heavy atom. The molecular formula is C17H21ClN2O. The molecule has 3 nitrogen and oxygen atoms in total. The Hall–Kier alpha value is -1.71. The average molecular weight is 305 g/mol. The summed E-state index contributed by atoms with van der Waals surface area (Å²) in [5.74, 6) is 0.893. The predicted octanol–water partition coefficient (Wildman–Crippen LogP) is 3.89. The molecule has 0 saturated heterocycles. The second-order valence-electron chi connectivity index (χ2n) is 5.02. The van der Waals surface area contributed by atoms with Crippen LogP contribution in [0.5, 0.6) is 5.75 Å². The lowest BCUT2D eigenvalue weighted by atomic mass is 10.2. The van der Waals surface area contributed by atoms with Gasteiger partial charge in [0.05, 0.1) is 7.11 Å². The van der Waals surface area contributed by atoms with Crippen LogP contribution in [0.2, 0.25) is 5.02 Å². The van der Waals surface area contributed by atoms with Gasteiger partial charge in [-0.15, -0.1) is 0 Å². The Balaban J connectivity index is 1.75. The number of methoxy groups -OCH3 is 1. The minimum atomic E-state index is 0.756. The summed E-state index contributed by atoms with van der Waals surface area (Å²) in [6.07, 6.45) is 0. The Labute approximate surface area is 131 Å². The zero-order chi connectivity index (χ0) is 15.1. The van der Waals surface area contributed by atoms with Crippen molar-refractivity contribution in [3.05, 3.63) is 59.1 Å². The van der Waals surface area contributed by atoms with Crippen LogP contribution in [0, 0.1) is 0 Å². The molecule has 4 heteroatoms. The molecular weight excluding hydrogens is 284 g/mol. The van der Waals surface area contributed by atoms with E-state index in [0.29, 0.717) is 0 Å². The van der Waals surface area contributed by atoms with Gasteiger partial charge >= 0.3 is 0 Å². The molecule has 0 atom stereocenters. The Morgan fingerprint density at radius 3 is 2.57 bits per heavy atom. The highest BCUT2D eigenvalue weighted by Gasteiger charge is 2.01. The van der Waals surface area contributed by atoms with Gasteiger partial charge in [-0.05, 0) is 42.9 Å². The summed E-state index contributed by atoms with van der Waals surface area (Å²) < 4.78 is 5.16. The van der Waals surface area contributed by atoms with Crippen molar-refractivity contribution in [1.82, 2.24) is 4.90 Å². The smallest absolute Gasteiger partial charge is 0.118 e. The van der Waals surface area contributed by atoms with Gasteiger partial charge in [0, 0.05) is 30.3 Å². The van der Waals surface area contributed by atoms with Crippen molar-refractivity contribution < 1.29 is 4.74 Å². The number of likely N-dealkylation sites (N-methyl/N-ethyl adjacent to an activating group) is 1. The summed E-state index contributed by atoms with van der Waals surface area (Å²) in [4.78, 5) is 2.28. The van der Waals surface area contributed by atoms with Crippen LogP contribution in [0.3, 0.4) is 0 Å². The first kappa shape index (κ1) is 15.7. The van der Waals surface area contributed by atoms with E-state index in [2.05, 4.69) is 29.4 Å². The maximum Gasteiger partial charge on any atom is 0.118 e. The van der Waals surface area contributed by atoms with Crippen LogP contribution >= 0.6 is 11.6 Å². The van der Waals surface area contributed by atoms with Crippen molar-refractivity contribution in [2.75, 3.05) is 32.6 Å². The normalized spacial score (nSPS) is 10.7. The molecule has 0 aromatic heterocycles. The van der Waals surface area contributed by atoms with Crippen LogP contribution in [-0.2, 0) is 6.54 Å². The number of rotatable bonds is 7. The molecule has 0 saturated carbocycles. The highest BCUT2D eigenvalue weighted by Crippen LogP contribution is 2.15. The molecule has 0 aliphatic heterocycles. The molecule has 0 amide bonds. The van der Waals surface area contributed by atoms with E-state index in [0.717, 1.165) is 36.1 Å². The number of halogens is 1. The van der Waals surface area contributed by atoms with E-state index in [1.807, 2.05) is 36.4 Å². The molecule has 0 heterocycles. The van der Waals surface area contributed by atoms with Gasteiger partial charge in [0.15, 0.2) is 0 Å². The highest BCUT2D eigenvalue weighted by molar-refractivity contribution is 6.30. The first-order valence-electron chi connectivity index (χ1n) is 6.98. The van der Waals surface area contributed by atoms with E-state index in [4.69, 9.17) is 16.3 Å². The van der Waals surface area contributed by atoms with Crippen LogP contribution in [0.4, 0.5) is 5.69 Å². The van der Waals surface area contributed by atoms with Gasteiger partial charge < -0.3 is 15.0 Å². The lowest BCUT2D eigenvalue weighted by Crippen LogP contribution is -2.24. The van der Waals surface area contributed by atoms with Crippen molar-refractivity contribution >= 4 is 17.3 Å². The summed E-state index contributed by atoms with van der Waals surface area (Å²) in [6.45, 7) is 2.76. The Bertz CT molecular complexity index is 557. The molecule has 2 aromatic rings. The molecule has 0 spiro atoms. The number of hydrogen-bond acceptors (Lipinski definition) is 3. The van der Waals surface area contributed by atoms with Crippen LogP contribution in [-0.4, -0.2) is 32.1 Å². The van der Waals surface area contributed by atoms with Gasteiger partial charge in [-0.3, -0.25) is 0 Å². The van der Waals surface area contributed by atoms with Gasteiger partial charge in [0.25, 0.3) is 0 Å². The standard InChI is InChI=1S/C17H21ClN2O/c1-20(13-14-6-8-17(21-2)9-7-14)11-10-19-16-5-3-4-15(18)12-16/h3-9,12,19H,10-11,13H2,1-2H3. The molecule has 0 aliphatic carbocycles. The fraction of sp³-hybridized carbons (Fsp3) is 0.294. The molecule has 2 rings (SSSR count). The van der Waals surface area contributed by atoms with Crippen LogP contribution in [0.25, 0.3) is 0 Å². The van der Waals surface area contributed by atoms with E-state index in [9.17, 15) is 0 Å². The largest absolute Gasteiger partial charge is 0.497 e. The first-order chi connectivity index (χ1) is 10.2. The summed E-state index contributed by atoms with van der Waals surface area (Å²) in [6, 6.07) is 16.0. The highest BCUT2D eigenvalue weighted by atomic mass is 35.5. The quantitative estimate of drug-likeness (QED) is 0.840. The molecule has 2 aromatic carbocycles. The number of nitrogens with zero attached hydrogens (tertiary/aromatic N) is 1. The topological polar surface area (TPSA) is 24.5 Å². The number of benzene rings is 2. The second kappa shape index (κ2) is 7.91. The van der Waals surface area contributed by atoms with E-state index in [1.54, 1.807) is 7.11 Å². The third-order valence-electron chi connectivity index (χ3n) is 3.26. The van der Waals surface area contributed by atoms with Gasteiger partial charge in [-0.2, -0.15) is 0 Å². The van der Waals surface area contributed by atoms with Crippen LogP contribution < -0.4 is 10.1 Å². The molecule has 0 unspecified atom stereocenters. The average Bonchev–Trinajstić information content (AvgIpc) is 2.48. The molecule has 0 bridgehead atoms.